The van der Waals surface area contributed by atoms with Gasteiger partial charge in [0.15, 0.2) is 4.80 Å². The maximum Gasteiger partial charge on any atom is 0.251 e. The maximum absolute atomic E-state index is 11.9. The Balaban J connectivity index is 2.01. The Kier molecular flexibility index (Phi) is 2.54. The molecule has 20 heavy (non-hydrogen) atoms. The lowest BCUT2D eigenvalue weighted by Crippen LogP contribution is -2.13. The smallest absolute Gasteiger partial charge is 0.251 e. The van der Waals surface area contributed by atoms with E-state index in [1.165, 1.54) is 15.5 Å². The number of carbonyl (C=O) groups excluding carboxylic acids is 1. The van der Waals surface area contributed by atoms with E-state index in [9.17, 15) is 4.79 Å². The van der Waals surface area contributed by atoms with Crippen LogP contribution in [0.2, 0.25) is 0 Å². The molecule has 0 spiro atoms. The van der Waals surface area contributed by atoms with Gasteiger partial charge >= 0.3 is 0 Å². The molecular formula is C16H14N2OS. The maximum atomic E-state index is 11.9. The van der Waals surface area contributed by atoms with Crippen LogP contribution in [0.5, 0.6) is 0 Å². The number of carbonyl (C=O) groups is 1. The number of hydrogen-bond acceptors (Lipinski definition) is 2. The molecule has 0 atom stereocenters. The topological polar surface area (TPSA) is 34.4 Å². The molecule has 0 radical (unpaired) electrons. The summed E-state index contributed by atoms with van der Waals surface area (Å²) in [6, 6.07) is 12.6. The van der Waals surface area contributed by atoms with Crippen LogP contribution in [-0.2, 0) is 11.8 Å². The summed E-state index contributed by atoms with van der Waals surface area (Å²) in [6.45, 7) is 0. The van der Waals surface area contributed by atoms with Gasteiger partial charge in [-0.15, -0.1) is 0 Å². The molecule has 0 unspecified atom stereocenters. The lowest BCUT2D eigenvalue weighted by Gasteiger charge is -1.99. The van der Waals surface area contributed by atoms with Crippen molar-refractivity contribution in [1.82, 2.24) is 4.57 Å². The van der Waals surface area contributed by atoms with Crippen molar-refractivity contribution >= 4 is 38.2 Å². The van der Waals surface area contributed by atoms with E-state index in [-0.39, 0.29) is 11.8 Å². The molecule has 1 fully saturated rings. The molecular weight excluding hydrogens is 268 g/mol. The first-order chi connectivity index (χ1) is 9.74. The Hall–Kier alpha value is -1.94. The van der Waals surface area contributed by atoms with Crippen LogP contribution in [0.4, 0.5) is 0 Å². The molecule has 3 aromatic rings. The van der Waals surface area contributed by atoms with E-state index in [2.05, 4.69) is 29.3 Å². The highest BCUT2D eigenvalue weighted by atomic mass is 32.1. The quantitative estimate of drug-likeness (QED) is 0.674. The third-order valence-electron chi connectivity index (χ3n) is 3.83. The van der Waals surface area contributed by atoms with E-state index in [0.717, 1.165) is 23.2 Å². The van der Waals surface area contributed by atoms with Crippen LogP contribution >= 0.6 is 11.3 Å². The molecule has 1 heterocycles. The molecule has 1 saturated carbocycles. The van der Waals surface area contributed by atoms with Gasteiger partial charge in [0.1, 0.15) is 0 Å². The fourth-order valence-corrected chi connectivity index (χ4v) is 3.64. The number of thiazole rings is 1. The van der Waals surface area contributed by atoms with E-state index in [4.69, 9.17) is 0 Å². The molecule has 100 valence electrons. The van der Waals surface area contributed by atoms with Gasteiger partial charge in [-0.1, -0.05) is 41.7 Å². The van der Waals surface area contributed by atoms with Crippen LogP contribution in [0, 0.1) is 5.92 Å². The molecule has 4 rings (SSSR count). The second kappa shape index (κ2) is 4.28. The molecule has 1 aliphatic rings. The van der Waals surface area contributed by atoms with Gasteiger partial charge in [-0.25, -0.2) is 0 Å². The summed E-state index contributed by atoms with van der Waals surface area (Å²) < 4.78 is 3.22. The summed E-state index contributed by atoms with van der Waals surface area (Å²) in [4.78, 5) is 17.0. The van der Waals surface area contributed by atoms with E-state index < -0.39 is 0 Å². The molecule has 2 aromatic carbocycles. The van der Waals surface area contributed by atoms with Crippen LogP contribution in [0.25, 0.3) is 21.0 Å². The molecule has 0 N–H and O–H groups in total. The molecule has 1 amide bonds. The molecule has 0 saturated heterocycles. The number of nitrogens with zero attached hydrogens (tertiary/aromatic N) is 2. The van der Waals surface area contributed by atoms with Gasteiger partial charge in [-0.3, -0.25) is 4.79 Å². The zero-order valence-corrected chi connectivity index (χ0v) is 12.0. The van der Waals surface area contributed by atoms with Gasteiger partial charge < -0.3 is 4.57 Å². The fraction of sp³-hybridized carbons (Fsp3) is 0.250. The third kappa shape index (κ3) is 1.79. The van der Waals surface area contributed by atoms with Crippen LogP contribution in [0.15, 0.2) is 41.4 Å². The van der Waals surface area contributed by atoms with E-state index in [1.54, 1.807) is 11.3 Å². The third-order valence-corrected chi connectivity index (χ3v) is 5.01. The second-order valence-electron chi connectivity index (χ2n) is 5.30. The number of aryl methyl sites for hydroxylation is 1. The first-order valence-electron chi connectivity index (χ1n) is 6.80. The van der Waals surface area contributed by atoms with E-state index in [0.29, 0.717) is 0 Å². The van der Waals surface area contributed by atoms with Gasteiger partial charge in [-0.2, -0.15) is 4.99 Å². The fourth-order valence-electron chi connectivity index (χ4n) is 2.48. The van der Waals surface area contributed by atoms with E-state index >= 15 is 0 Å². The van der Waals surface area contributed by atoms with Gasteiger partial charge in [0, 0.05) is 18.4 Å². The number of benzene rings is 2. The predicted octanol–water partition coefficient (Wildman–Crippen LogP) is 3.23. The number of aromatic nitrogens is 1. The number of fused-ring (bicyclic) bond motifs is 3. The van der Waals surface area contributed by atoms with Crippen molar-refractivity contribution in [2.45, 2.75) is 12.8 Å². The first-order valence-corrected chi connectivity index (χ1v) is 7.61. The monoisotopic (exact) mass is 282 g/mol. The van der Waals surface area contributed by atoms with Crippen molar-refractivity contribution in [1.29, 1.82) is 0 Å². The van der Waals surface area contributed by atoms with Gasteiger partial charge in [0.2, 0.25) is 0 Å². The van der Waals surface area contributed by atoms with E-state index in [1.807, 2.05) is 23.7 Å². The Morgan fingerprint density at radius 3 is 2.85 bits per heavy atom. The molecule has 0 aliphatic heterocycles. The molecule has 3 nitrogen and oxygen atoms in total. The van der Waals surface area contributed by atoms with Crippen molar-refractivity contribution in [3.8, 4) is 0 Å². The SMILES string of the molecule is Cn1c(=NC(=O)C2CC2)sc2c3ccccc3ccc21. The van der Waals surface area contributed by atoms with Crippen molar-refractivity contribution in [3.05, 3.63) is 41.2 Å². The van der Waals surface area contributed by atoms with Gasteiger partial charge in [0.25, 0.3) is 5.91 Å². The van der Waals surface area contributed by atoms with Crippen molar-refractivity contribution in [2.75, 3.05) is 0 Å². The predicted molar refractivity (Wildman–Crippen MR) is 81.6 cm³/mol. The van der Waals surface area contributed by atoms with Crippen molar-refractivity contribution in [3.63, 3.8) is 0 Å². The van der Waals surface area contributed by atoms with Gasteiger partial charge in [-0.05, 0) is 24.3 Å². The molecule has 4 heteroatoms. The Morgan fingerprint density at radius 1 is 1.25 bits per heavy atom. The summed E-state index contributed by atoms with van der Waals surface area (Å²) in [5.74, 6) is 0.216. The zero-order chi connectivity index (χ0) is 13.7. The first kappa shape index (κ1) is 11.9. The number of rotatable bonds is 1. The Bertz CT molecular complexity index is 900. The van der Waals surface area contributed by atoms with Crippen molar-refractivity contribution < 1.29 is 4.79 Å². The summed E-state index contributed by atoms with van der Waals surface area (Å²) in [6.07, 6.45) is 2.00. The normalized spacial score (nSPS) is 16.1. The number of amides is 1. The average molecular weight is 282 g/mol. The molecule has 1 aliphatic carbocycles. The summed E-state index contributed by atoms with van der Waals surface area (Å²) in [7, 11) is 1.98. The second-order valence-corrected chi connectivity index (χ2v) is 6.28. The standard InChI is InChI=1S/C16H14N2OS/c1-18-13-9-8-10-4-2-3-5-12(10)14(13)20-16(18)17-15(19)11-6-7-11/h2-5,8-9,11H,6-7H2,1H3. The van der Waals surface area contributed by atoms with Crippen LogP contribution in [0.3, 0.4) is 0 Å². The Labute approximate surface area is 120 Å². The van der Waals surface area contributed by atoms with Crippen molar-refractivity contribution in [2.24, 2.45) is 18.0 Å². The minimum atomic E-state index is 0.0384. The molecule has 1 aromatic heterocycles. The summed E-state index contributed by atoms with van der Waals surface area (Å²) in [5.41, 5.74) is 1.14. The minimum Gasteiger partial charge on any atom is -0.319 e. The zero-order valence-electron chi connectivity index (χ0n) is 11.2. The average Bonchev–Trinajstić information content (AvgIpc) is 3.26. The van der Waals surface area contributed by atoms with Crippen LogP contribution < -0.4 is 4.80 Å². The highest BCUT2D eigenvalue weighted by Crippen LogP contribution is 2.30. The number of hydrogen-bond donors (Lipinski definition) is 0. The lowest BCUT2D eigenvalue weighted by atomic mass is 10.1. The van der Waals surface area contributed by atoms with Crippen LogP contribution in [-0.4, -0.2) is 10.5 Å². The largest absolute Gasteiger partial charge is 0.319 e. The highest BCUT2D eigenvalue weighted by molar-refractivity contribution is 7.17. The lowest BCUT2D eigenvalue weighted by molar-refractivity contribution is -0.119. The summed E-state index contributed by atoms with van der Waals surface area (Å²) in [5, 5.41) is 2.45. The van der Waals surface area contributed by atoms with Crippen LogP contribution in [0.1, 0.15) is 12.8 Å². The minimum absolute atomic E-state index is 0.0384. The summed E-state index contributed by atoms with van der Waals surface area (Å²) >= 11 is 1.60. The van der Waals surface area contributed by atoms with Gasteiger partial charge in [0.05, 0.1) is 10.2 Å². The molecule has 0 bridgehead atoms. The highest BCUT2D eigenvalue weighted by Gasteiger charge is 2.29. The Morgan fingerprint density at radius 2 is 2.05 bits per heavy atom.